The van der Waals surface area contributed by atoms with Crippen LogP contribution < -0.4 is 10.6 Å². The first-order valence-electron chi connectivity index (χ1n) is 12.8. The van der Waals surface area contributed by atoms with Gasteiger partial charge in [0, 0.05) is 23.8 Å². The van der Waals surface area contributed by atoms with E-state index in [0.29, 0.717) is 45.6 Å². The average Bonchev–Trinajstić information content (AvgIpc) is 3.57. The van der Waals surface area contributed by atoms with Crippen molar-refractivity contribution >= 4 is 22.3 Å². The van der Waals surface area contributed by atoms with Gasteiger partial charge in [0.05, 0.1) is 40.6 Å². The normalized spacial score (nSPS) is 14.6. The molecule has 1 saturated carbocycles. The van der Waals surface area contributed by atoms with Gasteiger partial charge < -0.3 is 10.6 Å². The zero-order chi connectivity index (χ0) is 27.8. The van der Waals surface area contributed by atoms with Crippen LogP contribution in [0, 0.1) is 46.3 Å². The van der Waals surface area contributed by atoms with Crippen LogP contribution in [0.2, 0.25) is 0 Å². The molecular weight excluding hydrogens is 486 g/mol. The van der Waals surface area contributed by atoms with Gasteiger partial charge in [-0.2, -0.15) is 15.8 Å². The minimum Gasteiger partial charge on any atom is -0.383 e. The number of anilines is 2. The van der Waals surface area contributed by atoms with E-state index in [2.05, 4.69) is 64.9 Å². The van der Waals surface area contributed by atoms with E-state index in [1.54, 1.807) is 10.7 Å². The molecule has 0 saturated heterocycles. The molecule has 9 nitrogen and oxygen atoms in total. The molecule has 0 amide bonds. The summed E-state index contributed by atoms with van der Waals surface area (Å²) in [6, 6.07) is 18.2. The summed E-state index contributed by atoms with van der Waals surface area (Å²) < 4.78 is 1.66. The Labute approximate surface area is 227 Å². The fraction of sp³-hybridized carbons (Fsp3) is 0.333. The predicted octanol–water partition coefficient (Wildman–Crippen LogP) is 5.55. The molecule has 9 heteroatoms. The Morgan fingerprint density at radius 2 is 1.82 bits per heavy atom. The first kappa shape index (κ1) is 25.7. The molecule has 2 aromatic carbocycles. The monoisotopic (exact) mass is 515 g/mol. The van der Waals surface area contributed by atoms with E-state index in [1.807, 2.05) is 43.5 Å². The summed E-state index contributed by atoms with van der Waals surface area (Å²) in [7, 11) is 0. The summed E-state index contributed by atoms with van der Waals surface area (Å²) in [5, 5.41) is 45.9. The van der Waals surface area contributed by atoms with E-state index in [-0.39, 0.29) is 5.41 Å². The number of hydrogen-bond acceptors (Lipinski definition) is 8. The van der Waals surface area contributed by atoms with Gasteiger partial charge in [0.1, 0.15) is 17.8 Å². The van der Waals surface area contributed by atoms with Gasteiger partial charge in [-0.05, 0) is 48.4 Å². The van der Waals surface area contributed by atoms with Crippen LogP contribution in [-0.2, 0) is 5.54 Å². The molecule has 1 aliphatic rings. The molecule has 1 fully saturated rings. The highest BCUT2D eigenvalue weighted by atomic mass is 15.5. The molecule has 0 bridgehead atoms. The zero-order valence-electron chi connectivity index (χ0n) is 22.4. The molecule has 1 atom stereocenters. The van der Waals surface area contributed by atoms with E-state index in [1.165, 1.54) is 6.20 Å². The summed E-state index contributed by atoms with van der Waals surface area (Å²) in [5.74, 6) is 0. The number of aromatic nitrogens is 4. The molecule has 0 aliphatic heterocycles. The SMILES string of the molecule is Cc1ccccc1[C@H](Nc1cc(C#N)c2ncc(C#N)c(NCC(C)(C)C)c2c1)c1cn(C2(C#N)CC2)nn1. The Bertz CT molecular complexity index is 1680. The highest BCUT2D eigenvalue weighted by Gasteiger charge is 2.46. The third-order valence-electron chi connectivity index (χ3n) is 7.00. The first-order chi connectivity index (χ1) is 18.7. The lowest BCUT2D eigenvalue weighted by Gasteiger charge is -2.23. The second kappa shape index (κ2) is 9.74. The van der Waals surface area contributed by atoms with Crippen molar-refractivity contribution in [2.24, 2.45) is 5.41 Å². The van der Waals surface area contributed by atoms with Crippen molar-refractivity contribution in [1.82, 2.24) is 20.0 Å². The van der Waals surface area contributed by atoms with Crippen molar-refractivity contribution < 1.29 is 0 Å². The van der Waals surface area contributed by atoms with E-state index in [0.717, 1.165) is 24.0 Å². The van der Waals surface area contributed by atoms with Gasteiger partial charge in [0.25, 0.3) is 0 Å². The summed E-state index contributed by atoms with van der Waals surface area (Å²) in [6.07, 6.45) is 4.85. The maximum atomic E-state index is 10.0. The molecule has 5 rings (SSSR count). The largest absolute Gasteiger partial charge is 0.383 e. The first-order valence-corrected chi connectivity index (χ1v) is 12.8. The molecule has 2 N–H and O–H groups in total. The summed E-state index contributed by atoms with van der Waals surface area (Å²) in [5.41, 5.74) is 4.75. The van der Waals surface area contributed by atoms with Crippen molar-refractivity contribution in [1.29, 1.82) is 15.8 Å². The van der Waals surface area contributed by atoms with Gasteiger partial charge >= 0.3 is 0 Å². The average molecular weight is 516 g/mol. The topological polar surface area (TPSA) is 139 Å². The summed E-state index contributed by atoms with van der Waals surface area (Å²) >= 11 is 0. The number of benzene rings is 2. The summed E-state index contributed by atoms with van der Waals surface area (Å²) in [4.78, 5) is 4.46. The van der Waals surface area contributed by atoms with Crippen molar-refractivity contribution in [3.05, 3.63) is 76.7 Å². The molecule has 39 heavy (non-hydrogen) atoms. The maximum absolute atomic E-state index is 10.0. The minimum atomic E-state index is -0.620. The van der Waals surface area contributed by atoms with Crippen molar-refractivity contribution in [3.8, 4) is 18.2 Å². The highest BCUT2D eigenvalue weighted by Crippen LogP contribution is 2.42. The van der Waals surface area contributed by atoms with Gasteiger partial charge in [-0.15, -0.1) is 5.10 Å². The number of nitriles is 3. The highest BCUT2D eigenvalue weighted by molar-refractivity contribution is 5.99. The Morgan fingerprint density at radius 3 is 2.46 bits per heavy atom. The Morgan fingerprint density at radius 1 is 1.08 bits per heavy atom. The third kappa shape index (κ3) is 4.98. The van der Waals surface area contributed by atoms with Crippen LogP contribution in [-0.4, -0.2) is 26.5 Å². The lowest BCUT2D eigenvalue weighted by atomic mass is 9.96. The van der Waals surface area contributed by atoms with E-state index in [9.17, 15) is 15.8 Å². The number of pyridine rings is 1. The second-order valence-corrected chi connectivity index (χ2v) is 11.3. The van der Waals surface area contributed by atoms with Gasteiger partial charge in [-0.1, -0.05) is 50.3 Å². The van der Waals surface area contributed by atoms with Gasteiger partial charge in [-0.25, -0.2) is 4.68 Å². The number of fused-ring (bicyclic) bond motifs is 1. The van der Waals surface area contributed by atoms with Crippen LogP contribution in [0.3, 0.4) is 0 Å². The van der Waals surface area contributed by atoms with E-state index < -0.39 is 11.6 Å². The molecule has 2 heterocycles. The molecule has 194 valence electrons. The maximum Gasteiger partial charge on any atom is 0.150 e. The van der Waals surface area contributed by atoms with Gasteiger partial charge in [0.2, 0.25) is 0 Å². The third-order valence-corrected chi connectivity index (χ3v) is 7.00. The molecule has 4 aromatic rings. The number of hydrogen-bond donors (Lipinski definition) is 2. The van der Waals surface area contributed by atoms with E-state index in [4.69, 9.17) is 0 Å². The number of nitrogens with one attached hydrogen (secondary N) is 2. The van der Waals surface area contributed by atoms with Crippen molar-refractivity contribution in [2.75, 3.05) is 17.2 Å². The Kier molecular flexibility index (Phi) is 6.42. The zero-order valence-corrected chi connectivity index (χ0v) is 22.4. The molecule has 0 radical (unpaired) electrons. The van der Waals surface area contributed by atoms with Crippen molar-refractivity contribution in [3.63, 3.8) is 0 Å². The summed E-state index contributed by atoms with van der Waals surface area (Å²) in [6.45, 7) is 9.00. The fourth-order valence-corrected chi connectivity index (χ4v) is 4.62. The van der Waals surface area contributed by atoms with Crippen molar-refractivity contribution in [2.45, 2.75) is 52.1 Å². The van der Waals surface area contributed by atoms with Gasteiger partial charge in [-0.3, -0.25) is 4.98 Å². The van der Waals surface area contributed by atoms with E-state index >= 15 is 0 Å². The van der Waals surface area contributed by atoms with Crippen LogP contribution in [0.5, 0.6) is 0 Å². The lowest BCUT2D eigenvalue weighted by Crippen LogP contribution is -2.20. The molecular formula is C30H29N9. The number of aryl methyl sites for hydroxylation is 1. The second-order valence-electron chi connectivity index (χ2n) is 11.3. The standard InChI is InChI=1S/C30H29N9/c1-19-7-5-6-8-23(19)28(25-16-39(38-37-25)30(17-33)9-10-30)36-22-11-20(13-31)26-24(12-22)27(21(14-32)15-34-26)35-18-29(2,3)4/h5-8,11-12,15-16,28,36H,9-10,18H2,1-4H3,(H,34,35)/t28-/m0/s1. The Balaban J connectivity index is 1.63. The lowest BCUT2D eigenvalue weighted by molar-refractivity contribution is 0.443. The van der Waals surface area contributed by atoms with Crippen LogP contribution in [0.1, 0.15) is 67.6 Å². The quantitative estimate of drug-likeness (QED) is 0.326. The van der Waals surface area contributed by atoms with Gasteiger partial charge in [0.15, 0.2) is 5.54 Å². The predicted molar refractivity (Wildman–Crippen MR) is 149 cm³/mol. The van der Waals surface area contributed by atoms with Crippen LogP contribution >= 0.6 is 0 Å². The minimum absolute atomic E-state index is 0.0274. The number of nitrogens with zero attached hydrogens (tertiary/aromatic N) is 7. The van der Waals surface area contributed by atoms with Crippen LogP contribution in [0.4, 0.5) is 11.4 Å². The Hall–Kier alpha value is -4.94. The smallest absolute Gasteiger partial charge is 0.150 e. The van der Waals surface area contributed by atoms with Crippen LogP contribution in [0.25, 0.3) is 10.9 Å². The number of rotatable bonds is 7. The molecule has 1 aliphatic carbocycles. The molecule has 0 unspecified atom stereocenters. The van der Waals surface area contributed by atoms with Crippen LogP contribution in [0.15, 0.2) is 48.8 Å². The fourth-order valence-electron chi connectivity index (χ4n) is 4.62. The molecule has 0 spiro atoms. The molecule has 2 aromatic heterocycles.